The van der Waals surface area contributed by atoms with Crippen molar-refractivity contribution in [1.82, 2.24) is 10.2 Å². The number of thioether (sulfide) groups is 1. The number of carbonyl (C=O) groups is 2. The highest BCUT2D eigenvalue weighted by atomic mass is 32.2. The number of aromatic nitrogens is 2. The summed E-state index contributed by atoms with van der Waals surface area (Å²) in [5.41, 5.74) is 1.84. The molecule has 1 fully saturated rings. The van der Waals surface area contributed by atoms with Crippen molar-refractivity contribution in [2.24, 2.45) is 0 Å². The standard InChI is InChI=1S/C33H32FN3O5S2/c1-3-5-19-42-26-16-10-23(11-17-26)29(38)27-28(22-8-14-25(15-9-22)41-18-4-2)37(31(40)30(27)39)32-35-36-33(44-32)43-20-21-6-12-24(34)13-7-21/h6-17,28,38H,3-5,18-20H2,1-2H3/b29-27-. The van der Waals surface area contributed by atoms with Crippen LogP contribution >= 0.6 is 23.1 Å². The van der Waals surface area contributed by atoms with Crippen molar-refractivity contribution in [2.75, 3.05) is 18.1 Å². The third-order valence-electron chi connectivity index (χ3n) is 6.88. The van der Waals surface area contributed by atoms with E-state index in [-0.39, 0.29) is 22.3 Å². The molecule has 1 N–H and O–H groups in total. The minimum Gasteiger partial charge on any atom is -0.507 e. The highest BCUT2D eigenvalue weighted by Gasteiger charge is 2.48. The molecule has 0 radical (unpaired) electrons. The quantitative estimate of drug-likeness (QED) is 0.0402. The number of anilines is 1. The number of Topliss-reactive ketones (excluding diaryl/α,β-unsaturated/α-hetero) is 1. The Bertz CT molecular complexity index is 1620. The number of aliphatic hydroxyl groups excluding tert-OH is 1. The van der Waals surface area contributed by atoms with Crippen molar-refractivity contribution < 1.29 is 28.6 Å². The van der Waals surface area contributed by atoms with Gasteiger partial charge < -0.3 is 14.6 Å². The van der Waals surface area contributed by atoms with Crippen molar-refractivity contribution in [2.45, 2.75) is 49.2 Å². The van der Waals surface area contributed by atoms with Gasteiger partial charge in [0.2, 0.25) is 5.13 Å². The molecule has 5 rings (SSSR count). The number of carbonyl (C=O) groups excluding carboxylic acids is 2. The predicted molar refractivity (Wildman–Crippen MR) is 170 cm³/mol. The van der Waals surface area contributed by atoms with Crippen molar-refractivity contribution in [1.29, 1.82) is 0 Å². The maximum Gasteiger partial charge on any atom is 0.301 e. The van der Waals surface area contributed by atoms with E-state index >= 15 is 0 Å². The topological polar surface area (TPSA) is 102 Å². The van der Waals surface area contributed by atoms with E-state index in [2.05, 4.69) is 17.1 Å². The second kappa shape index (κ2) is 14.5. The van der Waals surface area contributed by atoms with Gasteiger partial charge in [0.25, 0.3) is 5.78 Å². The Balaban J connectivity index is 1.48. The van der Waals surface area contributed by atoms with Gasteiger partial charge in [0.05, 0.1) is 24.8 Å². The summed E-state index contributed by atoms with van der Waals surface area (Å²) in [5.74, 6) is -0.414. The van der Waals surface area contributed by atoms with E-state index in [4.69, 9.17) is 9.47 Å². The van der Waals surface area contributed by atoms with Crippen molar-refractivity contribution >= 4 is 45.7 Å². The number of ether oxygens (including phenoxy) is 2. The summed E-state index contributed by atoms with van der Waals surface area (Å²) in [6.45, 7) is 5.23. The van der Waals surface area contributed by atoms with Crippen LogP contribution in [0.15, 0.2) is 82.7 Å². The van der Waals surface area contributed by atoms with E-state index in [9.17, 15) is 19.1 Å². The molecule has 1 saturated heterocycles. The largest absolute Gasteiger partial charge is 0.507 e. The molecule has 4 aromatic rings. The molecule has 0 aliphatic carbocycles. The van der Waals surface area contributed by atoms with Gasteiger partial charge in [-0.1, -0.05) is 67.6 Å². The summed E-state index contributed by atoms with van der Waals surface area (Å²) in [6.07, 6.45) is 2.78. The average Bonchev–Trinajstić information content (AvgIpc) is 3.61. The van der Waals surface area contributed by atoms with Gasteiger partial charge in [-0.3, -0.25) is 14.5 Å². The van der Waals surface area contributed by atoms with E-state index in [1.165, 1.54) is 40.1 Å². The molecule has 0 saturated carbocycles. The lowest BCUT2D eigenvalue weighted by atomic mass is 9.95. The zero-order chi connectivity index (χ0) is 31.1. The average molecular weight is 634 g/mol. The van der Waals surface area contributed by atoms with Crippen LogP contribution in [-0.4, -0.2) is 40.2 Å². The van der Waals surface area contributed by atoms with Crippen LogP contribution in [0.25, 0.3) is 5.76 Å². The third kappa shape index (κ3) is 7.11. The molecule has 3 aromatic carbocycles. The van der Waals surface area contributed by atoms with Crippen molar-refractivity contribution in [3.63, 3.8) is 0 Å². The highest BCUT2D eigenvalue weighted by molar-refractivity contribution is 8.00. The molecule has 0 spiro atoms. The molecule has 1 unspecified atom stereocenters. The number of halogens is 1. The monoisotopic (exact) mass is 633 g/mol. The number of aliphatic hydroxyl groups is 1. The first-order chi connectivity index (χ1) is 21.4. The Morgan fingerprint density at radius 1 is 0.909 bits per heavy atom. The lowest BCUT2D eigenvalue weighted by Gasteiger charge is -2.22. The van der Waals surface area contributed by atoms with Crippen molar-refractivity contribution in [3.05, 3.63) is 101 Å². The van der Waals surface area contributed by atoms with Crippen LogP contribution in [0, 0.1) is 5.82 Å². The van der Waals surface area contributed by atoms with Gasteiger partial charge in [-0.2, -0.15) is 0 Å². The summed E-state index contributed by atoms with van der Waals surface area (Å²) >= 11 is 2.56. The van der Waals surface area contributed by atoms with Gasteiger partial charge in [-0.05, 0) is 72.5 Å². The van der Waals surface area contributed by atoms with E-state index in [1.807, 2.05) is 6.92 Å². The number of amides is 1. The molecule has 1 atom stereocenters. The molecular weight excluding hydrogens is 602 g/mol. The summed E-state index contributed by atoms with van der Waals surface area (Å²) in [7, 11) is 0. The number of nitrogens with zero attached hydrogens (tertiary/aromatic N) is 3. The number of hydrogen-bond donors (Lipinski definition) is 1. The van der Waals surface area contributed by atoms with Gasteiger partial charge in [-0.15, -0.1) is 10.2 Å². The van der Waals surface area contributed by atoms with Crippen LogP contribution in [0.4, 0.5) is 9.52 Å². The Morgan fingerprint density at radius 3 is 2.23 bits per heavy atom. The number of rotatable bonds is 13. The third-order valence-corrected chi connectivity index (χ3v) is 9.01. The molecule has 1 aliphatic rings. The van der Waals surface area contributed by atoms with Gasteiger partial charge in [0, 0.05) is 11.3 Å². The predicted octanol–water partition coefficient (Wildman–Crippen LogP) is 7.56. The first-order valence-electron chi connectivity index (χ1n) is 14.4. The number of hydrogen-bond acceptors (Lipinski definition) is 9. The Kier molecular flexibility index (Phi) is 10.3. The Hall–Kier alpha value is -4.22. The fourth-order valence-electron chi connectivity index (χ4n) is 4.59. The molecule has 2 heterocycles. The van der Waals surface area contributed by atoms with Crippen molar-refractivity contribution in [3.8, 4) is 11.5 Å². The molecule has 1 aliphatic heterocycles. The highest BCUT2D eigenvalue weighted by Crippen LogP contribution is 2.44. The lowest BCUT2D eigenvalue weighted by Crippen LogP contribution is -2.29. The number of benzene rings is 3. The minimum absolute atomic E-state index is 0.0485. The van der Waals surface area contributed by atoms with Crippen LogP contribution in [0.1, 0.15) is 55.8 Å². The molecule has 1 amide bonds. The normalized spacial score (nSPS) is 16.0. The van der Waals surface area contributed by atoms with Crippen LogP contribution in [-0.2, 0) is 15.3 Å². The van der Waals surface area contributed by atoms with Crippen LogP contribution in [0.5, 0.6) is 11.5 Å². The molecule has 0 bridgehead atoms. The molecule has 228 valence electrons. The summed E-state index contributed by atoms with van der Waals surface area (Å²) < 4.78 is 25.3. The maximum atomic E-state index is 13.5. The summed E-state index contributed by atoms with van der Waals surface area (Å²) in [4.78, 5) is 28.4. The second-order valence-electron chi connectivity index (χ2n) is 10.1. The molecule has 11 heteroatoms. The Morgan fingerprint density at radius 2 is 1.57 bits per heavy atom. The van der Waals surface area contributed by atoms with E-state index in [0.29, 0.717) is 45.9 Å². The van der Waals surface area contributed by atoms with E-state index in [1.54, 1.807) is 60.7 Å². The maximum absolute atomic E-state index is 13.5. The summed E-state index contributed by atoms with van der Waals surface area (Å²) in [6, 6.07) is 19.1. The van der Waals surface area contributed by atoms with Gasteiger partial charge in [0.1, 0.15) is 23.1 Å². The van der Waals surface area contributed by atoms with E-state index in [0.717, 1.165) is 24.8 Å². The van der Waals surface area contributed by atoms with Gasteiger partial charge in [-0.25, -0.2) is 4.39 Å². The molecule has 1 aromatic heterocycles. The SMILES string of the molecule is CCCCOc1ccc(/C(O)=C2/C(=O)C(=O)N(c3nnc(SCc4ccc(F)cc4)s3)C2c2ccc(OCCC)cc2)cc1. The Labute approximate surface area is 263 Å². The van der Waals surface area contributed by atoms with Crippen LogP contribution < -0.4 is 14.4 Å². The minimum atomic E-state index is -0.946. The zero-order valence-corrected chi connectivity index (χ0v) is 26.0. The first-order valence-corrected chi connectivity index (χ1v) is 16.2. The van der Waals surface area contributed by atoms with Crippen LogP contribution in [0.2, 0.25) is 0 Å². The van der Waals surface area contributed by atoms with Gasteiger partial charge >= 0.3 is 5.91 Å². The molecule has 8 nitrogen and oxygen atoms in total. The lowest BCUT2D eigenvalue weighted by molar-refractivity contribution is -0.132. The van der Waals surface area contributed by atoms with E-state index < -0.39 is 17.7 Å². The smallest absolute Gasteiger partial charge is 0.301 e. The van der Waals surface area contributed by atoms with Crippen LogP contribution in [0.3, 0.4) is 0 Å². The zero-order valence-electron chi connectivity index (χ0n) is 24.4. The fourth-order valence-corrected chi connectivity index (χ4v) is 6.42. The fraction of sp³-hybridized carbons (Fsp3) is 0.273. The number of ketones is 1. The molecule has 44 heavy (non-hydrogen) atoms. The first kappa shape index (κ1) is 31.2. The summed E-state index contributed by atoms with van der Waals surface area (Å²) in [5, 5.41) is 20.2. The number of unbranched alkanes of at least 4 members (excludes halogenated alkanes) is 1. The second-order valence-corrected chi connectivity index (χ2v) is 12.3. The van der Waals surface area contributed by atoms with Gasteiger partial charge in [0.15, 0.2) is 4.34 Å². The molecular formula is C33H32FN3O5S2.